The van der Waals surface area contributed by atoms with Crippen LogP contribution in [0.5, 0.6) is 0 Å². The van der Waals surface area contributed by atoms with E-state index < -0.39 is 5.41 Å². The quantitative estimate of drug-likeness (QED) is 0.907. The fourth-order valence-electron chi connectivity index (χ4n) is 3.21. The predicted molar refractivity (Wildman–Crippen MR) is 79.7 cm³/mol. The average molecular weight is 292 g/mol. The summed E-state index contributed by atoms with van der Waals surface area (Å²) in [6.07, 6.45) is 2.23. The van der Waals surface area contributed by atoms with E-state index in [9.17, 15) is 9.59 Å². The van der Waals surface area contributed by atoms with E-state index >= 15 is 0 Å². The van der Waals surface area contributed by atoms with Gasteiger partial charge in [0, 0.05) is 25.8 Å². The Hall–Kier alpha value is -1.85. The van der Waals surface area contributed by atoms with E-state index in [-0.39, 0.29) is 11.8 Å². The number of hydrogen-bond acceptors (Lipinski definition) is 3. The largest absolute Gasteiger partial charge is 0.369 e. The van der Waals surface area contributed by atoms with Crippen LogP contribution in [-0.2, 0) is 11.8 Å². The highest BCUT2D eigenvalue weighted by atomic mass is 16.2. The van der Waals surface area contributed by atoms with E-state index in [1.807, 2.05) is 27.8 Å². The average Bonchev–Trinajstić information content (AvgIpc) is 2.71. The van der Waals surface area contributed by atoms with Crippen molar-refractivity contribution in [3.8, 4) is 0 Å². The van der Waals surface area contributed by atoms with Gasteiger partial charge in [-0.05, 0) is 33.1 Å². The minimum absolute atomic E-state index is 0.0446. The first-order chi connectivity index (χ1) is 9.82. The van der Waals surface area contributed by atoms with Crippen molar-refractivity contribution in [3.63, 3.8) is 0 Å². The van der Waals surface area contributed by atoms with Gasteiger partial charge in [0.05, 0.1) is 16.7 Å². The molecule has 1 unspecified atom stereocenters. The standard InChI is InChI=1S/C15H24N4O2/c1-5-15(14(16)21)7-6-8-19(9-15)13(20)12-10(2)17-18(4)11(12)3/h5-9H2,1-4H3,(H2,16,21). The van der Waals surface area contributed by atoms with Crippen LogP contribution in [0.25, 0.3) is 0 Å². The molecule has 1 aromatic heterocycles. The maximum atomic E-state index is 12.8. The lowest BCUT2D eigenvalue weighted by atomic mass is 9.77. The van der Waals surface area contributed by atoms with Gasteiger partial charge in [0.2, 0.25) is 5.91 Å². The number of nitrogens with zero attached hydrogens (tertiary/aromatic N) is 3. The molecule has 0 radical (unpaired) electrons. The molecule has 1 aliphatic rings. The van der Waals surface area contributed by atoms with Crippen LogP contribution in [0.3, 0.4) is 0 Å². The molecule has 1 fully saturated rings. The zero-order valence-electron chi connectivity index (χ0n) is 13.3. The third-order valence-electron chi connectivity index (χ3n) is 4.79. The Balaban J connectivity index is 2.29. The molecule has 0 bridgehead atoms. The van der Waals surface area contributed by atoms with Crippen LogP contribution in [-0.4, -0.2) is 39.6 Å². The molecule has 6 nitrogen and oxygen atoms in total. The molecule has 1 atom stereocenters. The number of carbonyl (C=O) groups is 2. The SMILES string of the molecule is CCC1(C(N)=O)CCCN(C(=O)c2c(C)nn(C)c2C)C1. The molecule has 1 saturated heterocycles. The van der Waals surface area contributed by atoms with Crippen LogP contribution in [0, 0.1) is 19.3 Å². The summed E-state index contributed by atoms with van der Waals surface area (Å²) in [5, 5.41) is 4.30. The van der Waals surface area contributed by atoms with Gasteiger partial charge in [-0.2, -0.15) is 5.10 Å². The van der Waals surface area contributed by atoms with E-state index in [2.05, 4.69) is 5.10 Å². The van der Waals surface area contributed by atoms with Crippen molar-refractivity contribution < 1.29 is 9.59 Å². The van der Waals surface area contributed by atoms with E-state index in [0.29, 0.717) is 25.1 Å². The summed E-state index contributed by atoms with van der Waals surface area (Å²) in [5.74, 6) is -0.348. The van der Waals surface area contributed by atoms with Crippen molar-refractivity contribution in [2.75, 3.05) is 13.1 Å². The van der Waals surface area contributed by atoms with E-state index in [4.69, 9.17) is 5.73 Å². The molecule has 0 saturated carbocycles. The molecule has 1 aromatic rings. The first kappa shape index (κ1) is 15.5. The molecule has 0 spiro atoms. The molecule has 2 amide bonds. The second kappa shape index (κ2) is 5.50. The topological polar surface area (TPSA) is 81.2 Å². The molecule has 2 rings (SSSR count). The highest BCUT2D eigenvalue weighted by Gasteiger charge is 2.41. The normalized spacial score (nSPS) is 22.4. The molecule has 2 N–H and O–H groups in total. The first-order valence-electron chi connectivity index (χ1n) is 7.42. The van der Waals surface area contributed by atoms with Gasteiger partial charge < -0.3 is 10.6 Å². The summed E-state index contributed by atoms with van der Waals surface area (Å²) < 4.78 is 1.72. The molecule has 0 aliphatic carbocycles. The third-order valence-corrected chi connectivity index (χ3v) is 4.79. The van der Waals surface area contributed by atoms with Gasteiger partial charge in [-0.3, -0.25) is 14.3 Å². The number of nitrogens with two attached hydrogens (primary N) is 1. The van der Waals surface area contributed by atoms with E-state index in [0.717, 1.165) is 24.2 Å². The van der Waals surface area contributed by atoms with Crippen LogP contribution in [0.2, 0.25) is 0 Å². The molecular formula is C15H24N4O2. The summed E-state index contributed by atoms with van der Waals surface area (Å²) in [7, 11) is 1.83. The van der Waals surface area contributed by atoms with Crippen molar-refractivity contribution in [1.29, 1.82) is 0 Å². The van der Waals surface area contributed by atoms with Crippen molar-refractivity contribution in [1.82, 2.24) is 14.7 Å². The summed E-state index contributed by atoms with van der Waals surface area (Å²) in [6, 6.07) is 0. The smallest absolute Gasteiger partial charge is 0.257 e. The lowest BCUT2D eigenvalue weighted by molar-refractivity contribution is -0.130. The van der Waals surface area contributed by atoms with Gasteiger partial charge in [-0.25, -0.2) is 0 Å². The number of aromatic nitrogens is 2. The number of piperidine rings is 1. The number of aryl methyl sites for hydroxylation is 2. The van der Waals surface area contributed by atoms with Crippen molar-refractivity contribution in [2.24, 2.45) is 18.2 Å². The maximum absolute atomic E-state index is 12.8. The highest BCUT2D eigenvalue weighted by Crippen LogP contribution is 2.34. The Morgan fingerprint density at radius 3 is 2.52 bits per heavy atom. The van der Waals surface area contributed by atoms with Crippen LogP contribution >= 0.6 is 0 Å². The number of hydrogen-bond donors (Lipinski definition) is 1. The fourth-order valence-corrected chi connectivity index (χ4v) is 3.21. The maximum Gasteiger partial charge on any atom is 0.257 e. The number of likely N-dealkylation sites (tertiary alicyclic amines) is 1. The summed E-state index contributed by atoms with van der Waals surface area (Å²) in [6.45, 7) is 6.76. The molecule has 1 aliphatic heterocycles. The Morgan fingerprint density at radius 1 is 1.38 bits per heavy atom. The lowest BCUT2D eigenvalue weighted by Gasteiger charge is -2.40. The van der Waals surface area contributed by atoms with Gasteiger partial charge in [-0.15, -0.1) is 0 Å². The van der Waals surface area contributed by atoms with Crippen molar-refractivity contribution >= 4 is 11.8 Å². The molecular weight excluding hydrogens is 268 g/mol. The molecule has 116 valence electrons. The van der Waals surface area contributed by atoms with Gasteiger partial charge in [0.1, 0.15) is 0 Å². The van der Waals surface area contributed by atoms with Gasteiger partial charge >= 0.3 is 0 Å². The zero-order valence-corrected chi connectivity index (χ0v) is 13.3. The van der Waals surface area contributed by atoms with Gasteiger partial charge in [0.15, 0.2) is 0 Å². The monoisotopic (exact) mass is 292 g/mol. The van der Waals surface area contributed by atoms with E-state index in [1.165, 1.54) is 0 Å². The zero-order chi connectivity index (χ0) is 15.8. The van der Waals surface area contributed by atoms with Gasteiger partial charge in [-0.1, -0.05) is 6.92 Å². The molecule has 2 heterocycles. The number of rotatable bonds is 3. The Labute approximate surface area is 125 Å². The van der Waals surface area contributed by atoms with Crippen LogP contribution in [0.1, 0.15) is 47.9 Å². The summed E-state index contributed by atoms with van der Waals surface area (Å²) in [4.78, 5) is 26.4. The summed E-state index contributed by atoms with van der Waals surface area (Å²) >= 11 is 0. The first-order valence-corrected chi connectivity index (χ1v) is 7.42. The second-order valence-corrected chi connectivity index (χ2v) is 6.00. The predicted octanol–water partition coefficient (Wildman–Crippen LogP) is 1.15. The molecule has 0 aromatic carbocycles. The number of primary amides is 1. The second-order valence-electron chi connectivity index (χ2n) is 6.00. The van der Waals surface area contributed by atoms with Crippen molar-refractivity contribution in [2.45, 2.75) is 40.0 Å². The van der Waals surface area contributed by atoms with Crippen LogP contribution in [0.15, 0.2) is 0 Å². The Kier molecular flexibility index (Phi) is 4.07. The molecule has 6 heteroatoms. The Morgan fingerprint density at radius 2 is 2.05 bits per heavy atom. The third kappa shape index (κ3) is 2.54. The molecule has 21 heavy (non-hydrogen) atoms. The van der Waals surface area contributed by atoms with E-state index in [1.54, 1.807) is 9.58 Å². The van der Waals surface area contributed by atoms with Crippen LogP contribution < -0.4 is 5.73 Å². The minimum Gasteiger partial charge on any atom is -0.369 e. The number of carbonyl (C=O) groups excluding carboxylic acids is 2. The van der Waals surface area contributed by atoms with Crippen LogP contribution in [0.4, 0.5) is 0 Å². The lowest BCUT2D eigenvalue weighted by Crippen LogP contribution is -2.52. The Bertz CT molecular complexity index is 578. The fraction of sp³-hybridized carbons (Fsp3) is 0.667. The van der Waals surface area contributed by atoms with Crippen molar-refractivity contribution in [3.05, 3.63) is 17.0 Å². The minimum atomic E-state index is -0.585. The van der Waals surface area contributed by atoms with Gasteiger partial charge in [0.25, 0.3) is 5.91 Å². The summed E-state index contributed by atoms with van der Waals surface area (Å²) in [5.41, 5.74) is 7.23. The number of amides is 2. The highest BCUT2D eigenvalue weighted by molar-refractivity contribution is 5.97.